The van der Waals surface area contributed by atoms with E-state index >= 15 is 0 Å². The number of imidazole rings is 2. The normalized spacial score (nSPS) is 11.7. The average molecular weight is 330 g/mol. The third-order valence-corrected chi connectivity index (χ3v) is 3.85. The van der Waals surface area contributed by atoms with E-state index in [2.05, 4.69) is 20.0 Å². The Morgan fingerprint density at radius 1 is 1.42 bits per heavy atom. The summed E-state index contributed by atoms with van der Waals surface area (Å²) in [6.45, 7) is 2.12. The first kappa shape index (κ1) is 15.8. The van der Waals surface area contributed by atoms with Gasteiger partial charge in [-0.05, 0) is 13.0 Å². The van der Waals surface area contributed by atoms with E-state index in [4.69, 9.17) is 0 Å². The quantitative estimate of drug-likeness (QED) is 0.758. The molecular formula is C15H18N6O3. The minimum Gasteiger partial charge on any atom is -0.453 e. The Balaban J connectivity index is 2.13. The summed E-state index contributed by atoms with van der Waals surface area (Å²) in [5, 5.41) is 2.55. The second-order valence-electron chi connectivity index (χ2n) is 5.38. The molecule has 0 aliphatic heterocycles. The van der Waals surface area contributed by atoms with Crippen LogP contribution in [0.25, 0.3) is 23.0 Å². The van der Waals surface area contributed by atoms with Crippen molar-refractivity contribution in [3.63, 3.8) is 0 Å². The topological polar surface area (TPSA) is 95.4 Å². The molecule has 24 heavy (non-hydrogen) atoms. The highest BCUT2D eigenvalue weighted by Gasteiger charge is 2.17. The van der Waals surface area contributed by atoms with Crippen molar-refractivity contribution in [2.75, 3.05) is 13.7 Å². The standard InChI is InChI=1S/C15H18N6O3/c1-9-10(6-5-7-16-15(23)24-4)21-13(22)11-12(17-8-19(11)2)20(3)14(21)18-9/h5-6,8H,7H2,1-4H3,(H,16,23)/b6-5+. The molecule has 9 nitrogen and oxygen atoms in total. The second kappa shape index (κ2) is 5.84. The molecule has 0 fully saturated rings. The Hall–Kier alpha value is -3.10. The van der Waals surface area contributed by atoms with Crippen molar-refractivity contribution in [2.24, 2.45) is 14.1 Å². The minimum absolute atomic E-state index is 0.181. The maximum absolute atomic E-state index is 12.9. The molecule has 0 saturated carbocycles. The SMILES string of the molecule is COC(=O)NC/C=C/c1c(C)nc2n(C)c3ncn(C)c3c(=O)n12. The average Bonchev–Trinajstić information content (AvgIpc) is 3.10. The fourth-order valence-corrected chi connectivity index (χ4v) is 2.64. The maximum Gasteiger partial charge on any atom is 0.407 e. The molecule has 3 rings (SSSR count). The van der Waals surface area contributed by atoms with Crippen LogP contribution >= 0.6 is 0 Å². The van der Waals surface area contributed by atoms with Crippen molar-refractivity contribution < 1.29 is 9.53 Å². The number of aromatic nitrogens is 5. The zero-order valence-electron chi connectivity index (χ0n) is 13.9. The van der Waals surface area contributed by atoms with Gasteiger partial charge in [0.05, 0.1) is 24.8 Å². The van der Waals surface area contributed by atoms with Gasteiger partial charge in [0.15, 0.2) is 11.2 Å². The minimum atomic E-state index is -0.512. The summed E-state index contributed by atoms with van der Waals surface area (Å²) < 4.78 is 9.53. The summed E-state index contributed by atoms with van der Waals surface area (Å²) in [5.74, 6) is 0.518. The summed E-state index contributed by atoms with van der Waals surface area (Å²) in [5.41, 5.74) is 2.29. The van der Waals surface area contributed by atoms with Gasteiger partial charge in [-0.15, -0.1) is 0 Å². The Bertz CT molecular complexity index is 1020. The van der Waals surface area contributed by atoms with Crippen molar-refractivity contribution >= 4 is 29.1 Å². The molecule has 0 unspecified atom stereocenters. The van der Waals surface area contributed by atoms with Crippen molar-refractivity contribution in [2.45, 2.75) is 6.92 Å². The van der Waals surface area contributed by atoms with Crippen LogP contribution < -0.4 is 10.9 Å². The highest BCUT2D eigenvalue weighted by atomic mass is 16.5. The number of hydrogen-bond donors (Lipinski definition) is 1. The summed E-state index contributed by atoms with van der Waals surface area (Å²) >= 11 is 0. The molecule has 1 amide bonds. The van der Waals surface area contributed by atoms with E-state index in [1.54, 1.807) is 39.1 Å². The Labute approximate surface area is 137 Å². The number of rotatable bonds is 3. The third-order valence-electron chi connectivity index (χ3n) is 3.85. The van der Waals surface area contributed by atoms with Crippen LogP contribution in [0.3, 0.4) is 0 Å². The lowest BCUT2D eigenvalue weighted by Crippen LogP contribution is -2.23. The van der Waals surface area contributed by atoms with Gasteiger partial charge in [0.1, 0.15) is 0 Å². The van der Waals surface area contributed by atoms with Gasteiger partial charge in [-0.3, -0.25) is 9.36 Å². The fourth-order valence-electron chi connectivity index (χ4n) is 2.64. The number of ether oxygens (including phenoxy) is 1. The van der Waals surface area contributed by atoms with Crippen LogP contribution in [0.5, 0.6) is 0 Å². The molecule has 126 valence electrons. The highest BCUT2D eigenvalue weighted by Crippen LogP contribution is 2.15. The number of carbonyl (C=O) groups excluding carboxylic acids is 1. The summed E-state index contributed by atoms with van der Waals surface area (Å²) in [7, 11) is 4.90. The number of aryl methyl sites for hydroxylation is 3. The number of carbonyl (C=O) groups is 1. The first-order valence-corrected chi connectivity index (χ1v) is 7.33. The first-order valence-electron chi connectivity index (χ1n) is 7.33. The van der Waals surface area contributed by atoms with Gasteiger partial charge in [0.25, 0.3) is 5.56 Å². The molecule has 1 N–H and O–H groups in total. The molecular weight excluding hydrogens is 312 g/mol. The van der Waals surface area contributed by atoms with Gasteiger partial charge in [-0.2, -0.15) is 0 Å². The molecule has 3 aromatic rings. The van der Waals surface area contributed by atoms with E-state index in [-0.39, 0.29) is 12.1 Å². The molecule has 0 spiro atoms. The number of hydrogen-bond acceptors (Lipinski definition) is 5. The second-order valence-corrected chi connectivity index (χ2v) is 5.38. The number of nitrogens with zero attached hydrogens (tertiary/aromatic N) is 5. The van der Waals surface area contributed by atoms with Crippen molar-refractivity contribution in [3.05, 3.63) is 34.1 Å². The number of nitrogens with one attached hydrogen (secondary N) is 1. The Kier molecular flexibility index (Phi) is 3.84. The lowest BCUT2D eigenvalue weighted by atomic mass is 10.3. The molecule has 3 heterocycles. The highest BCUT2D eigenvalue weighted by molar-refractivity contribution is 5.74. The number of amides is 1. The zero-order chi connectivity index (χ0) is 17.4. The van der Waals surface area contributed by atoms with Gasteiger partial charge >= 0.3 is 6.09 Å². The van der Waals surface area contributed by atoms with Crippen LogP contribution in [0.15, 0.2) is 17.2 Å². The van der Waals surface area contributed by atoms with Crippen LogP contribution in [0.4, 0.5) is 4.79 Å². The van der Waals surface area contributed by atoms with E-state index in [0.29, 0.717) is 28.3 Å². The van der Waals surface area contributed by atoms with E-state index < -0.39 is 6.09 Å². The lowest BCUT2D eigenvalue weighted by molar-refractivity contribution is 0.172. The van der Waals surface area contributed by atoms with E-state index in [0.717, 1.165) is 0 Å². The van der Waals surface area contributed by atoms with Crippen LogP contribution in [-0.4, -0.2) is 43.3 Å². The van der Waals surface area contributed by atoms with Crippen molar-refractivity contribution in [3.8, 4) is 0 Å². The molecule has 0 aliphatic rings. The Morgan fingerprint density at radius 2 is 2.17 bits per heavy atom. The summed E-state index contributed by atoms with van der Waals surface area (Å²) in [6, 6.07) is 0. The number of alkyl carbamates (subject to hydrolysis) is 1. The number of fused-ring (bicyclic) bond motifs is 2. The van der Waals surface area contributed by atoms with Crippen LogP contribution in [-0.2, 0) is 18.8 Å². The molecule has 9 heteroatoms. The molecule has 0 bridgehead atoms. The molecule has 3 aromatic heterocycles. The van der Waals surface area contributed by atoms with Crippen LogP contribution in [0, 0.1) is 6.92 Å². The number of methoxy groups -OCH3 is 1. The first-order chi connectivity index (χ1) is 11.5. The maximum atomic E-state index is 12.9. The molecule has 0 saturated heterocycles. The van der Waals surface area contributed by atoms with Crippen LogP contribution in [0.2, 0.25) is 0 Å². The summed E-state index contributed by atoms with van der Waals surface area (Å²) in [6.07, 6.45) is 4.59. The predicted octanol–water partition coefficient (Wildman–Crippen LogP) is 0.597. The van der Waals surface area contributed by atoms with Gasteiger partial charge < -0.3 is 14.6 Å². The zero-order valence-corrected chi connectivity index (χ0v) is 13.9. The van der Waals surface area contributed by atoms with Gasteiger partial charge in [0.2, 0.25) is 5.78 Å². The largest absolute Gasteiger partial charge is 0.453 e. The molecule has 0 aromatic carbocycles. The Morgan fingerprint density at radius 3 is 2.88 bits per heavy atom. The third kappa shape index (κ3) is 2.34. The van der Waals surface area contributed by atoms with Crippen molar-refractivity contribution in [1.82, 2.24) is 28.8 Å². The smallest absolute Gasteiger partial charge is 0.407 e. The lowest BCUT2D eigenvalue weighted by Gasteiger charge is -2.05. The van der Waals surface area contributed by atoms with E-state index in [1.165, 1.54) is 7.11 Å². The van der Waals surface area contributed by atoms with Gasteiger partial charge in [-0.1, -0.05) is 6.08 Å². The molecule has 0 atom stereocenters. The van der Waals surface area contributed by atoms with Gasteiger partial charge in [-0.25, -0.2) is 19.2 Å². The van der Waals surface area contributed by atoms with E-state index in [1.807, 2.05) is 14.0 Å². The van der Waals surface area contributed by atoms with Crippen LogP contribution in [0.1, 0.15) is 11.4 Å². The fraction of sp³-hybridized carbons (Fsp3) is 0.333. The summed E-state index contributed by atoms with van der Waals surface area (Å²) in [4.78, 5) is 32.7. The molecule has 0 aliphatic carbocycles. The molecule has 0 radical (unpaired) electrons. The van der Waals surface area contributed by atoms with Gasteiger partial charge in [0, 0.05) is 20.6 Å². The predicted molar refractivity (Wildman–Crippen MR) is 88.9 cm³/mol. The van der Waals surface area contributed by atoms with Crippen molar-refractivity contribution in [1.29, 1.82) is 0 Å². The monoisotopic (exact) mass is 330 g/mol. The van der Waals surface area contributed by atoms with E-state index in [9.17, 15) is 9.59 Å².